The van der Waals surface area contributed by atoms with Crippen molar-refractivity contribution in [3.05, 3.63) is 81.9 Å². The molecule has 0 unspecified atom stereocenters. The van der Waals surface area contributed by atoms with Crippen LogP contribution in [0.2, 0.25) is 0 Å². The first kappa shape index (κ1) is 15.6. The quantitative estimate of drug-likeness (QED) is 0.672. The van der Waals surface area contributed by atoms with Crippen molar-refractivity contribution in [1.29, 1.82) is 0 Å². The number of hydrogen-bond acceptors (Lipinski definition) is 3. The van der Waals surface area contributed by atoms with Gasteiger partial charge in [-0.3, -0.25) is 4.79 Å². The van der Waals surface area contributed by atoms with Crippen LogP contribution in [0.1, 0.15) is 21.1 Å². The van der Waals surface area contributed by atoms with Crippen LogP contribution in [0, 0.1) is 6.92 Å². The van der Waals surface area contributed by atoms with Gasteiger partial charge in [-0.1, -0.05) is 30.3 Å². The van der Waals surface area contributed by atoms with E-state index in [-0.39, 0.29) is 5.91 Å². The van der Waals surface area contributed by atoms with Crippen LogP contribution in [-0.2, 0) is 24.3 Å². The maximum atomic E-state index is 12.7. The average molecular weight is 325 g/mol. The van der Waals surface area contributed by atoms with Crippen LogP contribution < -0.4 is 0 Å². The van der Waals surface area contributed by atoms with Crippen molar-refractivity contribution in [2.75, 3.05) is 0 Å². The molecule has 0 fully saturated rings. The molecular weight excluding hydrogens is 306 g/mol. The summed E-state index contributed by atoms with van der Waals surface area (Å²) < 4.78 is 5.42. The molecule has 0 N–H and O–H groups in total. The lowest BCUT2D eigenvalue weighted by atomic mass is 10.1. The number of furan rings is 1. The molecule has 3 rings (SSSR count). The van der Waals surface area contributed by atoms with Crippen LogP contribution in [0.5, 0.6) is 0 Å². The summed E-state index contributed by atoms with van der Waals surface area (Å²) in [4.78, 5) is 17.0. The lowest BCUT2D eigenvalue weighted by Crippen LogP contribution is -2.31. The molecular formula is C19H19NO2S. The second kappa shape index (κ2) is 7.29. The van der Waals surface area contributed by atoms with E-state index in [2.05, 4.69) is 19.1 Å². The molecule has 4 heteroatoms. The van der Waals surface area contributed by atoms with Crippen molar-refractivity contribution in [2.45, 2.75) is 26.4 Å². The molecule has 1 amide bonds. The van der Waals surface area contributed by atoms with Crippen molar-refractivity contribution in [3.8, 4) is 0 Å². The molecule has 2 aromatic heterocycles. The first-order chi connectivity index (χ1) is 11.2. The van der Waals surface area contributed by atoms with Gasteiger partial charge >= 0.3 is 0 Å². The zero-order valence-corrected chi connectivity index (χ0v) is 13.9. The van der Waals surface area contributed by atoms with E-state index in [9.17, 15) is 4.79 Å². The molecule has 0 saturated carbocycles. The molecule has 1 aromatic carbocycles. The second-order valence-electron chi connectivity index (χ2n) is 5.50. The average Bonchev–Trinajstić information content (AvgIpc) is 3.19. The number of nitrogens with zero attached hydrogens (tertiary/aromatic N) is 1. The Hall–Kier alpha value is -2.33. The zero-order valence-electron chi connectivity index (χ0n) is 13.1. The molecule has 0 bridgehead atoms. The number of amides is 1. The SMILES string of the molecule is Cc1ccc(CN(Cc2ccco2)C(=O)Cc2ccccc2)s1. The lowest BCUT2D eigenvalue weighted by molar-refractivity contribution is -0.131. The molecule has 0 atom stereocenters. The molecule has 0 spiro atoms. The third kappa shape index (κ3) is 4.33. The van der Waals surface area contributed by atoms with Gasteiger partial charge in [0.2, 0.25) is 5.91 Å². The van der Waals surface area contributed by atoms with E-state index in [1.54, 1.807) is 17.6 Å². The molecule has 0 radical (unpaired) electrons. The van der Waals surface area contributed by atoms with E-state index < -0.39 is 0 Å². The molecule has 0 saturated heterocycles. The van der Waals surface area contributed by atoms with Gasteiger partial charge in [0.15, 0.2) is 0 Å². The number of carbonyl (C=O) groups excluding carboxylic acids is 1. The molecule has 3 aromatic rings. The summed E-state index contributed by atoms with van der Waals surface area (Å²) >= 11 is 1.73. The molecule has 118 valence electrons. The molecule has 23 heavy (non-hydrogen) atoms. The normalized spacial score (nSPS) is 10.7. The van der Waals surface area contributed by atoms with E-state index in [1.165, 1.54) is 9.75 Å². The standard InChI is InChI=1S/C19H19NO2S/c1-15-9-10-18(23-15)14-20(13-17-8-5-11-22-17)19(21)12-16-6-3-2-4-7-16/h2-11H,12-14H2,1H3. The number of thiophene rings is 1. The number of aryl methyl sites for hydroxylation is 1. The van der Waals surface area contributed by atoms with Crippen LogP contribution in [0.25, 0.3) is 0 Å². The fraction of sp³-hybridized carbons (Fsp3) is 0.211. The lowest BCUT2D eigenvalue weighted by Gasteiger charge is -2.21. The van der Waals surface area contributed by atoms with E-state index in [0.29, 0.717) is 19.5 Å². The van der Waals surface area contributed by atoms with Crippen LogP contribution >= 0.6 is 11.3 Å². The van der Waals surface area contributed by atoms with Gasteiger partial charge in [0, 0.05) is 9.75 Å². The summed E-state index contributed by atoms with van der Waals surface area (Å²) in [6.45, 7) is 3.19. The Morgan fingerprint density at radius 2 is 1.87 bits per heavy atom. The highest BCUT2D eigenvalue weighted by Crippen LogP contribution is 2.19. The van der Waals surface area contributed by atoms with Crippen molar-refractivity contribution >= 4 is 17.2 Å². The minimum Gasteiger partial charge on any atom is -0.467 e. The monoisotopic (exact) mass is 325 g/mol. The molecule has 0 aliphatic rings. The Balaban J connectivity index is 1.74. The van der Waals surface area contributed by atoms with E-state index in [0.717, 1.165) is 11.3 Å². The van der Waals surface area contributed by atoms with Crippen LogP contribution in [0.4, 0.5) is 0 Å². The first-order valence-electron chi connectivity index (χ1n) is 7.60. The molecule has 0 aliphatic carbocycles. The fourth-order valence-electron chi connectivity index (χ4n) is 2.46. The Labute approximate surface area is 140 Å². The summed E-state index contributed by atoms with van der Waals surface area (Å²) in [5, 5.41) is 0. The van der Waals surface area contributed by atoms with Crippen molar-refractivity contribution in [3.63, 3.8) is 0 Å². The van der Waals surface area contributed by atoms with E-state index in [4.69, 9.17) is 4.42 Å². The topological polar surface area (TPSA) is 33.5 Å². The summed E-state index contributed by atoms with van der Waals surface area (Å²) in [5.41, 5.74) is 1.03. The van der Waals surface area contributed by atoms with E-state index >= 15 is 0 Å². The number of rotatable bonds is 6. The number of carbonyl (C=O) groups is 1. The largest absolute Gasteiger partial charge is 0.467 e. The zero-order chi connectivity index (χ0) is 16.1. The Kier molecular flexibility index (Phi) is 4.93. The fourth-order valence-corrected chi connectivity index (χ4v) is 3.37. The van der Waals surface area contributed by atoms with Crippen molar-refractivity contribution in [2.24, 2.45) is 0 Å². The Morgan fingerprint density at radius 1 is 1.04 bits per heavy atom. The van der Waals surface area contributed by atoms with Gasteiger partial charge in [0.25, 0.3) is 0 Å². The van der Waals surface area contributed by atoms with Gasteiger partial charge in [-0.25, -0.2) is 0 Å². The maximum absolute atomic E-state index is 12.7. The van der Waals surface area contributed by atoms with Gasteiger partial charge in [-0.15, -0.1) is 11.3 Å². The molecule has 3 nitrogen and oxygen atoms in total. The maximum Gasteiger partial charge on any atom is 0.227 e. The van der Waals surface area contributed by atoms with Crippen molar-refractivity contribution in [1.82, 2.24) is 4.90 Å². The second-order valence-corrected chi connectivity index (χ2v) is 6.88. The van der Waals surface area contributed by atoms with Crippen molar-refractivity contribution < 1.29 is 9.21 Å². The predicted octanol–water partition coefficient (Wildman–Crippen LogP) is 4.42. The highest BCUT2D eigenvalue weighted by molar-refractivity contribution is 7.11. The third-order valence-electron chi connectivity index (χ3n) is 3.62. The highest BCUT2D eigenvalue weighted by Gasteiger charge is 2.17. The van der Waals surface area contributed by atoms with Crippen LogP contribution in [0.3, 0.4) is 0 Å². The number of hydrogen-bond donors (Lipinski definition) is 0. The Bertz CT molecular complexity index is 747. The Morgan fingerprint density at radius 3 is 2.52 bits per heavy atom. The molecule has 0 aliphatic heterocycles. The van der Waals surface area contributed by atoms with Crippen LogP contribution in [-0.4, -0.2) is 10.8 Å². The summed E-state index contributed by atoms with van der Waals surface area (Å²) in [6, 6.07) is 17.8. The summed E-state index contributed by atoms with van der Waals surface area (Å²) in [7, 11) is 0. The minimum absolute atomic E-state index is 0.110. The summed E-state index contributed by atoms with van der Waals surface area (Å²) in [5.74, 6) is 0.915. The smallest absolute Gasteiger partial charge is 0.227 e. The highest BCUT2D eigenvalue weighted by atomic mass is 32.1. The number of benzene rings is 1. The minimum atomic E-state index is 0.110. The van der Waals surface area contributed by atoms with Gasteiger partial charge in [0.1, 0.15) is 5.76 Å². The van der Waals surface area contributed by atoms with Gasteiger partial charge < -0.3 is 9.32 Å². The third-order valence-corrected chi connectivity index (χ3v) is 4.61. The predicted molar refractivity (Wildman–Crippen MR) is 92.2 cm³/mol. The van der Waals surface area contributed by atoms with Gasteiger partial charge in [0.05, 0.1) is 25.8 Å². The first-order valence-corrected chi connectivity index (χ1v) is 8.42. The summed E-state index contributed by atoms with van der Waals surface area (Å²) in [6.07, 6.45) is 2.05. The van der Waals surface area contributed by atoms with Crippen LogP contribution in [0.15, 0.2) is 65.3 Å². The van der Waals surface area contributed by atoms with E-state index in [1.807, 2.05) is 47.4 Å². The van der Waals surface area contributed by atoms with Gasteiger partial charge in [-0.05, 0) is 36.8 Å². The molecule has 2 heterocycles. The van der Waals surface area contributed by atoms with Gasteiger partial charge in [-0.2, -0.15) is 0 Å².